The quantitative estimate of drug-likeness (QED) is 0.846. The maximum atomic E-state index is 10.8. The first-order valence-electron chi connectivity index (χ1n) is 6.85. The number of hydrogen-bond acceptors (Lipinski definition) is 4. The van der Waals surface area contributed by atoms with Crippen LogP contribution in [0.25, 0.3) is 0 Å². The highest BCUT2D eigenvalue weighted by atomic mass is 16.5. The number of aliphatic carboxylic acids is 1. The zero-order chi connectivity index (χ0) is 15.9. The lowest BCUT2D eigenvalue weighted by molar-refractivity contribution is -0.138. The monoisotopic (exact) mass is 299 g/mol. The van der Waals surface area contributed by atoms with E-state index in [9.17, 15) is 9.59 Å². The number of hydrogen-bond donors (Lipinski definition) is 2. The van der Waals surface area contributed by atoms with Crippen LogP contribution in [0.3, 0.4) is 0 Å². The van der Waals surface area contributed by atoms with Crippen LogP contribution < -0.4 is 5.73 Å². The molecule has 3 N–H and O–H groups in total. The van der Waals surface area contributed by atoms with Crippen molar-refractivity contribution in [1.29, 1.82) is 0 Å². The standard InChI is InChI=1S/C9H11NO2.C8H6O2/c10-8(9(11)12)6-7-4-2-1-3-5-7;9-8-7-4-2-1-3-6(7)5-10-8/h1-5,8H,6,10H2,(H,11,12);1-4H,5H2/t8-;/m1./s1. The van der Waals surface area contributed by atoms with Crippen molar-refractivity contribution in [3.8, 4) is 0 Å². The molecule has 5 nitrogen and oxygen atoms in total. The Kier molecular flexibility index (Phi) is 5.27. The molecular weight excluding hydrogens is 282 g/mol. The Morgan fingerprint density at radius 3 is 2.41 bits per heavy atom. The van der Waals surface area contributed by atoms with Gasteiger partial charge in [0, 0.05) is 5.56 Å². The predicted octanol–water partition coefficient (Wildman–Crippen LogP) is 2.00. The van der Waals surface area contributed by atoms with E-state index in [1.807, 2.05) is 48.5 Å². The summed E-state index contributed by atoms with van der Waals surface area (Å²) in [6, 6.07) is 16.0. The lowest BCUT2D eigenvalue weighted by Crippen LogP contribution is -2.32. The third-order valence-electron chi connectivity index (χ3n) is 3.21. The molecule has 0 fully saturated rings. The van der Waals surface area contributed by atoms with Crippen molar-refractivity contribution >= 4 is 11.9 Å². The fourth-order valence-corrected chi connectivity index (χ4v) is 2.02. The third kappa shape index (κ3) is 4.17. The van der Waals surface area contributed by atoms with Crippen LogP contribution in [0.2, 0.25) is 0 Å². The molecule has 0 saturated heterocycles. The van der Waals surface area contributed by atoms with Crippen molar-refractivity contribution in [2.24, 2.45) is 5.73 Å². The molecule has 1 heterocycles. The summed E-state index contributed by atoms with van der Waals surface area (Å²) in [5.74, 6) is -1.16. The molecule has 22 heavy (non-hydrogen) atoms. The predicted molar refractivity (Wildman–Crippen MR) is 81.3 cm³/mol. The fourth-order valence-electron chi connectivity index (χ4n) is 2.02. The zero-order valence-corrected chi connectivity index (χ0v) is 11.9. The molecule has 0 saturated carbocycles. The number of ether oxygens (including phenoxy) is 1. The van der Waals surface area contributed by atoms with Gasteiger partial charge in [-0.25, -0.2) is 4.79 Å². The molecule has 114 valence electrons. The van der Waals surface area contributed by atoms with Crippen LogP contribution in [0.4, 0.5) is 0 Å². The van der Waals surface area contributed by atoms with Gasteiger partial charge in [-0.2, -0.15) is 0 Å². The fraction of sp³-hybridized carbons (Fsp3) is 0.176. The average molecular weight is 299 g/mol. The lowest BCUT2D eigenvalue weighted by Gasteiger charge is -2.04. The largest absolute Gasteiger partial charge is 0.480 e. The van der Waals surface area contributed by atoms with Crippen molar-refractivity contribution < 1.29 is 19.4 Å². The number of cyclic esters (lactones) is 1. The van der Waals surface area contributed by atoms with E-state index in [1.54, 1.807) is 6.07 Å². The molecule has 0 radical (unpaired) electrons. The first-order valence-corrected chi connectivity index (χ1v) is 6.85. The number of fused-ring (bicyclic) bond motifs is 1. The normalized spacial score (nSPS) is 13.4. The zero-order valence-electron chi connectivity index (χ0n) is 11.9. The molecule has 0 spiro atoms. The summed E-state index contributed by atoms with van der Waals surface area (Å²) in [7, 11) is 0. The van der Waals surface area contributed by atoms with Crippen LogP contribution in [0, 0.1) is 0 Å². The number of rotatable bonds is 3. The molecular formula is C17H17NO4. The SMILES string of the molecule is N[C@H](Cc1ccccc1)C(=O)O.O=C1OCc2ccccc21. The van der Waals surface area contributed by atoms with Crippen LogP contribution in [0.1, 0.15) is 21.5 Å². The van der Waals surface area contributed by atoms with Gasteiger partial charge in [0.1, 0.15) is 12.6 Å². The van der Waals surface area contributed by atoms with E-state index >= 15 is 0 Å². The maximum absolute atomic E-state index is 10.8. The number of carboxylic acids is 1. The molecule has 2 aromatic rings. The minimum Gasteiger partial charge on any atom is -0.480 e. The highest BCUT2D eigenvalue weighted by Gasteiger charge is 2.18. The van der Waals surface area contributed by atoms with Gasteiger partial charge in [0.05, 0.1) is 5.56 Å². The maximum Gasteiger partial charge on any atom is 0.338 e. The first kappa shape index (κ1) is 15.7. The summed E-state index contributed by atoms with van der Waals surface area (Å²) in [5, 5.41) is 8.52. The number of benzene rings is 2. The summed E-state index contributed by atoms with van der Waals surface area (Å²) in [6.07, 6.45) is 0.385. The van der Waals surface area contributed by atoms with E-state index in [0.29, 0.717) is 18.6 Å². The van der Waals surface area contributed by atoms with Crippen molar-refractivity contribution in [3.63, 3.8) is 0 Å². The molecule has 5 heteroatoms. The average Bonchev–Trinajstić information content (AvgIpc) is 2.91. The van der Waals surface area contributed by atoms with E-state index in [4.69, 9.17) is 15.6 Å². The second kappa shape index (κ2) is 7.38. The topological polar surface area (TPSA) is 89.6 Å². The summed E-state index contributed by atoms with van der Waals surface area (Å²) in [4.78, 5) is 21.2. The molecule has 0 amide bonds. The Hall–Kier alpha value is -2.66. The molecule has 0 bridgehead atoms. The number of esters is 1. The van der Waals surface area contributed by atoms with Gasteiger partial charge in [0.15, 0.2) is 0 Å². The van der Waals surface area contributed by atoms with Gasteiger partial charge in [-0.15, -0.1) is 0 Å². The Morgan fingerprint density at radius 2 is 1.77 bits per heavy atom. The van der Waals surface area contributed by atoms with Gasteiger partial charge in [-0.1, -0.05) is 48.5 Å². The van der Waals surface area contributed by atoms with Crippen LogP contribution in [-0.2, 0) is 22.6 Å². The highest BCUT2D eigenvalue weighted by molar-refractivity contribution is 5.93. The van der Waals surface area contributed by atoms with Gasteiger partial charge < -0.3 is 15.6 Å². The van der Waals surface area contributed by atoms with Gasteiger partial charge in [-0.3, -0.25) is 4.79 Å². The molecule has 0 unspecified atom stereocenters. The first-order chi connectivity index (χ1) is 10.6. The summed E-state index contributed by atoms with van der Waals surface area (Å²) in [6.45, 7) is 0.439. The van der Waals surface area contributed by atoms with Crippen LogP contribution in [-0.4, -0.2) is 23.1 Å². The Bertz CT molecular complexity index is 655. The highest BCUT2D eigenvalue weighted by Crippen LogP contribution is 2.18. The molecule has 0 aliphatic carbocycles. The molecule has 1 atom stereocenters. The number of carbonyl (C=O) groups excluding carboxylic acids is 1. The van der Waals surface area contributed by atoms with E-state index in [2.05, 4.69) is 0 Å². The summed E-state index contributed by atoms with van der Waals surface area (Å²) in [5.41, 5.74) is 8.00. The van der Waals surface area contributed by atoms with E-state index in [-0.39, 0.29) is 5.97 Å². The van der Waals surface area contributed by atoms with Crippen molar-refractivity contribution in [3.05, 3.63) is 71.3 Å². The van der Waals surface area contributed by atoms with Gasteiger partial charge in [0.2, 0.25) is 0 Å². The van der Waals surface area contributed by atoms with Crippen LogP contribution >= 0.6 is 0 Å². The second-order valence-corrected chi connectivity index (χ2v) is 4.87. The van der Waals surface area contributed by atoms with Crippen molar-refractivity contribution in [2.75, 3.05) is 0 Å². The van der Waals surface area contributed by atoms with Gasteiger partial charge in [0.25, 0.3) is 0 Å². The number of nitrogens with two attached hydrogens (primary N) is 1. The van der Waals surface area contributed by atoms with Crippen LogP contribution in [0.15, 0.2) is 54.6 Å². The minimum atomic E-state index is -0.959. The lowest BCUT2D eigenvalue weighted by atomic mass is 10.1. The van der Waals surface area contributed by atoms with Crippen molar-refractivity contribution in [1.82, 2.24) is 0 Å². The molecule has 2 aromatic carbocycles. The van der Waals surface area contributed by atoms with E-state index in [0.717, 1.165) is 11.1 Å². The molecule has 0 aromatic heterocycles. The molecule has 1 aliphatic rings. The molecule has 1 aliphatic heterocycles. The van der Waals surface area contributed by atoms with Crippen molar-refractivity contribution in [2.45, 2.75) is 19.1 Å². The van der Waals surface area contributed by atoms with E-state index in [1.165, 1.54) is 0 Å². The second-order valence-electron chi connectivity index (χ2n) is 4.87. The minimum absolute atomic E-state index is 0.199. The Balaban J connectivity index is 0.000000162. The smallest absolute Gasteiger partial charge is 0.338 e. The molecule has 3 rings (SSSR count). The Morgan fingerprint density at radius 1 is 1.14 bits per heavy atom. The Labute approximate surface area is 128 Å². The number of carboxylic acid groups (broad SMARTS) is 1. The van der Waals surface area contributed by atoms with Gasteiger partial charge >= 0.3 is 11.9 Å². The summed E-state index contributed by atoms with van der Waals surface area (Å²) >= 11 is 0. The summed E-state index contributed by atoms with van der Waals surface area (Å²) < 4.78 is 4.78. The third-order valence-corrected chi connectivity index (χ3v) is 3.21. The van der Waals surface area contributed by atoms with Gasteiger partial charge in [-0.05, 0) is 18.1 Å². The van der Waals surface area contributed by atoms with E-state index < -0.39 is 12.0 Å². The van der Waals surface area contributed by atoms with Crippen LogP contribution in [0.5, 0.6) is 0 Å². The number of carbonyl (C=O) groups is 2.